The zero-order valence-corrected chi connectivity index (χ0v) is 9.64. The van der Waals surface area contributed by atoms with Gasteiger partial charge in [0.25, 0.3) is 0 Å². The van der Waals surface area contributed by atoms with E-state index in [1.807, 2.05) is 0 Å². The first-order chi connectivity index (χ1) is 8.78. The topological polar surface area (TPSA) is 50.8 Å². The van der Waals surface area contributed by atoms with Crippen molar-refractivity contribution in [2.24, 2.45) is 0 Å². The third-order valence-corrected chi connectivity index (χ3v) is 2.75. The lowest BCUT2D eigenvalue weighted by molar-refractivity contribution is 0.411. The van der Waals surface area contributed by atoms with Crippen molar-refractivity contribution >= 4 is 11.0 Å². The Morgan fingerprint density at radius 3 is 2.94 bits per heavy atom. The van der Waals surface area contributed by atoms with Gasteiger partial charge in [-0.1, -0.05) is 0 Å². The lowest BCUT2D eigenvalue weighted by Gasteiger charge is -2.05. The summed E-state index contributed by atoms with van der Waals surface area (Å²) in [4.78, 5) is 11.3. The average molecular weight is 243 g/mol. The summed E-state index contributed by atoms with van der Waals surface area (Å²) in [5, 5.41) is 0. The Bertz CT molecular complexity index is 708. The molecule has 0 saturated heterocycles. The molecule has 0 fully saturated rings. The highest BCUT2D eigenvalue weighted by Crippen LogP contribution is 2.29. The zero-order valence-electron chi connectivity index (χ0n) is 9.64. The van der Waals surface area contributed by atoms with Gasteiger partial charge in [-0.3, -0.25) is 4.98 Å². The van der Waals surface area contributed by atoms with Crippen LogP contribution in [0, 0.1) is 5.82 Å². The number of nitrogens with one attached hydrogen (secondary N) is 1. The van der Waals surface area contributed by atoms with E-state index >= 15 is 0 Å². The molecule has 0 amide bonds. The van der Waals surface area contributed by atoms with Gasteiger partial charge in [-0.25, -0.2) is 9.37 Å². The summed E-state index contributed by atoms with van der Waals surface area (Å²) < 4.78 is 18.6. The smallest absolute Gasteiger partial charge is 0.127 e. The van der Waals surface area contributed by atoms with Gasteiger partial charge in [0.1, 0.15) is 11.6 Å². The number of rotatable bonds is 2. The molecule has 0 spiro atoms. The number of H-pyrrole nitrogens is 1. The van der Waals surface area contributed by atoms with Gasteiger partial charge < -0.3 is 9.72 Å². The van der Waals surface area contributed by atoms with Crippen LogP contribution in [0.1, 0.15) is 0 Å². The second kappa shape index (κ2) is 4.10. The fourth-order valence-corrected chi connectivity index (χ4v) is 1.91. The van der Waals surface area contributed by atoms with Crippen molar-refractivity contribution in [2.45, 2.75) is 0 Å². The van der Waals surface area contributed by atoms with Crippen molar-refractivity contribution in [3.05, 3.63) is 42.7 Å². The van der Waals surface area contributed by atoms with E-state index in [9.17, 15) is 4.39 Å². The Balaban J connectivity index is 2.25. The molecule has 0 saturated carbocycles. The minimum Gasteiger partial charge on any atom is -0.497 e. The number of imidazole rings is 1. The number of hydrogen-bond donors (Lipinski definition) is 1. The van der Waals surface area contributed by atoms with Crippen LogP contribution in [0.2, 0.25) is 0 Å². The molecule has 0 radical (unpaired) electrons. The number of nitrogens with zero attached hydrogens (tertiary/aromatic N) is 2. The second-order valence-corrected chi connectivity index (χ2v) is 3.87. The van der Waals surface area contributed by atoms with Gasteiger partial charge in [0.2, 0.25) is 0 Å². The van der Waals surface area contributed by atoms with Gasteiger partial charge in [-0.05, 0) is 17.7 Å². The Hall–Kier alpha value is -2.43. The standard InChI is InChI=1S/C13H10FN3O/c1-18-10-3-8(2-9(14)4-10)11-5-15-6-12-13(11)17-7-16-12/h2-7H,1H3,(H,16,17). The summed E-state index contributed by atoms with van der Waals surface area (Å²) in [6, 6.07) is 4.53. The highest BCUT2D eigenvalue weighted by Gasteiger charge is 2.09. The van der Waals surface area contributed by atoms with Gasteiger partial charge in [0.05, 0.1) is 30.7 Å². The molecule has 2 heterocycles. The maximum absolute atomic E-state index is 13.5. The summed E-state index contributed by atoms with van der Waals surface area (Å²) in [6.07, 6.45) is 4.94. The van der Waals surface area contributed by atoms with Crippen LogP contribution < -0.4 is 4.74 Å². The number of methoxy groups -OCH3 is 1. The van der Waals surface area contributed by atoms with Gasteiger partial charge in [0, 0.05) is 17.8 Å². The van der Waals surface area contributed by atoms with Crippen LogP contribution in [0.15, 0.2) is 36.9 Å². The van der Waals surface area contributed by atoms with Crippen molar-refractivity contribution in [1.29, 1.82) is 0 Å². The summed E-state index contributed by atoms with van der Waals surface area (Å²) in [5.41, 5.74) is 3.04. The second-order valence-electron chi connectivity index (χ2n) is 3.87. The molecule has 18 heavy (non-hydrogen) atoms. The van der Waals surface area contributed by atoms with E-state index in [1.54, 1.807) is 24.8 Å². The highest BCUT2D eigenvalue weighted by molar-refractivity contribution is 5.90. The van der Waals surface area contributed by atoms with E-state index in [1.165, 1.54) is 19.2 Å². The summed E-state index contributed by atoms with van der Waals surface area (Å²) in [6.45, 7) is 0. The largest absolute Gasteiger partial charge is 0.497 e. The summed E-state index contributed by atoms with van der Waals surface area (Å²) in [5.74, 6) is 0.120. The van der Waals surface area contributed by atoms with Gasteiger partial charge in [-0.2, -0.15) is 0 Å². The van der Waals surface area contributed by atoms with Gasteiger partial charge in [0.15, 0.2) is 0 Å². The van der Waals surface area contributed by atoms with E-state index in [4.69, 9.17) is 4.74 Å². The maximum atomic E-state index is 13.5. The first-order valence-corrected chi connectivity index (χ1v) is 5.40. The molecule has 5 heteroatoms. The molecule has 3 aromatic rings. The van der Waals surface area contributed by atoms with Crippen molar-refractivity contribution in [3.63, 3.8) is 0 Å². The zero-order chi connectivity index (χ0) is 12.5. The molecule has 1 aromatic carbocycles. The predicted molar refractivity (Wildman–Crippen MR) is 65.8 cm³/mol. The van der Waals surface area contributed by atoms with Crippen LogP contribution >= 0.6 is 0 Å². The molecule has 1 N–H and O–H groups in total. The molecule has 4 nitrogen and oxygen atoms in total. The third-order valence-electron chi connectivity index (χ3n) is 2.75. The SMILES string of the molecule is COc1cc(F)cc(-c2cncc3[nH]cnc23)c1. The van der Waals surface area contributed by atoms with Crippen LogP contribution in [0.5, 0.6) is 5.75 Å². The van der Waals surface area contributed by atoms with E-state index in [0.717, 1.165) is 16.6 Å². The lowest BCUT2D eigenvalue weighted by atomic mass is 10.1. The molecule has 0 atom stereocenters. The molecule has 0 aliphatic carbocycles. The number of pyridine rings is 1. The number of fused-ring (bicyclic) bond motifs is 1. The number of aromatic nitrogens is 3. The van der Waals surface area contributed by atoms with Crippen LogP contribution in [-0.2, 0) is 0 Å². The molecular formula is C13H10FN3O. The van der Waals surface area contributed by atoms with Crippen molar-refractivity contribution in [3.8, 4) is 16.9 Å². The number of halogens is 1. The molecule has 0 aliphatic heterocycles. The van der Waals surface area contributed by atoms with Crippen LogP contribution in [-0.4, -0.2) is 22.1 Å². The monoisotopic (exact) mass is 243 g/mol. The first-order valence-electron chi connectivity index (χ1n) is 5.40. The summed E-state index contributed by atoms with van der Waals surface area (Å²) >= 11 is 0. The van der Waals surface area contributed by atoms with Crippen LogP contribution in [0.4, 0.5) is 4.39 Å². The number of aromatic amines is 1. The van der Waals surface area contributed by atoms with E-state index in [0.29, 0.717) is 11.3 Å². The Kier molecular flexibility index (Phi) is 2.44. The van der Waals surface area contributed by atoms with Crippen LogP contribution in [0.25, 0.3) is 22.2 Å². The molecule has 0 aliphatic rings. The molecule has 0 bridgehead atoms. The molecule has 0 unspecified atom stereocenters. The Morgan fingerprint density at radius 2 is 2.11 bits per heavy atom. The van der Waals surface area contributed by atoms with E-state index in [2.05, 4.69) is 15.0 Å². The lowest BCUT2D eigenvalue weighted by Crippen LogP contribution is -1.88. The van der Waals surface area contributed by atoms with Crippen molar-refractivity contribution < 1.29 is 9.13 Å². The fraction of sp³-hybridized carbons (Fsp3) is 0.0769. The number of benzene rings is 1. The van der Waals surface area contributed by atoms with E-state index in [-0.39, 0.29) is 5.82 Å². The van der Waals surface area contributed by atoms with Gasteiger partial charge >= 0.3 is 0 Å². The normalized spacial score (nSPS) is 10.8. The number of ether oxygens (including phenoxy) is 1. The number of hydrogen-bond acceptors (Lipinski definition) is 3. The molecular weight excluding hydrogens is 233 g/mol. The van der Waals surface area contributed by atoms with E-state index < -0.39 is 0 Å². The molecule has 90 valence electrons. The fourth-order valence-electron chi connectivity index (χ4n) is 1.91. The summed E-state index contributed by atoms with van der Waals surface area (Å²) in [7, 11) is 1.51. The average Bonchev–Trinajstić information content (AvgIpc) is 2.85. The minimum absolute atomic E-state index is 0.350. The van der Waals surface area contributed by atoms with Crippen LogP contribution in [0.3, 0.4) is 0 Å². The molecule has 2 aromatic heterocycles. The third kappa shape index (κ3) is 1.69. The molecule has 3 rings (SSSR count). The minimum atomic E-state index is -0.350. The first kappa shape index (κ1) is 10.7. The van der Waals surface area contributed by atoms with Crippen molar-refractivity contribution in [2.75, 3.05) is 7.11 Å². The van der Waals surface area contributed by atoms with Gasteiger partial charge in [-0.15, -0.1) is 0 Å². The Labute approximate surface area is 102 Å². The quantitative estimate of drug-likeness (QED) is 0.753. The van der Waals surface area contributed by atoms with Crippen molar-refractivity contribution in [1.82, 2.24) is 15.0 Å². The Morgan fingerprint density at radius 1 is 1.22 bits per heavy atom. The highest BCUT2D eigenvalue weighted by atomic mass is 19.1. The predicted octanol–water partition coefficient (Wildman–Crippen LogP) is 2.77. The maximum Gasteiger partial charge on any atom is 0.127 e.